The minimum atomic E-state index is -0.361. The molecule has 1 amide bonds. The standard InChI is InChI=1S/C15H12Cl2N2O2/c16-12-7-6-11(14(17)8-12)9-18-19-15(20)10-21-13-4-2-1-3-5-13/h1-9H,10H2,(H,19,20). The van der Waals surface area contributed by atoms with E-state index < -0.39 is 0 Å². The molecule has 0 fully saturated rings. The fourth-order valence-electron chi connectivity index (χ4n) is 1.48. The molecule has 0 atom stereocenters. The molecule has 0 aromatic heterocycles. The number of carbonyl (C=O) groups is 1. The van der Waals surface area contributed by atoms with Crippen molar-refractivity contribution in [1.82, 2.24) is 5.43 Å². The van der Waals surface area contributed by atoms with Crippen LogP contribution in [0.2, 0.25) is 10.0 Å². The first-order chi connectivity index (χ1) is 10.1. The molecule has 0 aliphatic rings. The number of amides is 1. The van der Waals surface area contributed by atoms with Crippen molar-refractivity contribution in [3.63, 3.8) is 0 Å². The van der Waals surface area contributed by atoms with Crippen LogP contribution < -0.4 is 10.2 Å². The Morgan fingerprint density at radius 1 is 1.19 bits per heavy atom. The number of hydrazone groups is 1. The molecule has 2 aromatic rings. The molecular weight excluding hydrogens is 311 g/mol. The summed E-state index contributed by atoms with van der Waals surface area (Å²) in [6, 6.07) is 14.1. The Balaban J connectivity index is 1.82. The summed E-state index contributed by atoms with van der Waals surface area (Å²) in [6.45, 7) is -0.115. The van der Waals surface area contributed by atoms with Crippen molar-refractivity contribution in [2.45, 2.75) is 0 Å². The normalized spacial score (nSPS) is 10.6. The molecule has 0 saturated carbocycles. The summed E-state index contributed by atoms with van der Waals surface area (Å²) in [5.74, 6) is 0.262. The molecule has 2 rings (SSSR count). The third kappa shape index (κ3) is 5.10. The van der Waals surface area contributed by atoms with Gasteiger partial charge in [-0.05, 0) is 24.3 Å². The van der Waals surface area contributed by atoms with E-state index in [1.165, 1.54) is 6.21 Å². The Bertz CT molecular complexity index is 645. The van der Waals surface area contributed by atoms with Crippen LogP contribution in [0.15, 0.2) is 53.6 Å². The van der Waals surface area contributed by atoms with Gasteiger partial charge in [0.1, 0.15) is 5.75 Å². The maximum atomic E-state index is 11.5. The summed E-state index contributed by atoms with van der Waals surface area (Å²) in [5, 5.41) is 4.81. The van der Waals surface area contributed by atoms with Crippen molar-refractivity contribution in [2.24, 2.45) is 5.10 Å². The second-order valence-corrected chi connectivity index (χ2v) is 4.90. The number of para-hydroxylation sites is 1. The first-order valence-corrected chi connectivity index (χ1v) is 6.85. The van der Waals surface area contributed by atoms with Crippen LogP contribution in [0.4, 0.5) is 0 Å². The highest BCUT2D eigenvalue weighted by molar-refractivity contribution is 6.36. The van der Waals surface area contributed by atoms with Crippen molar-refractivity contribution < 1.29 is 9.53 Å². The van der Waals surface area contributed by atoms with E-state index in [0.29, 0.717) is 21.4 Å². The molecule has 0 heterocycles. The van der Waals surface area contributed by atoms with E-state index in [0.717, 1.165) is 0 Å². The Morgan fingerprint density at radius 2 is 1.95 bits per heavy atom. The molecule has 0 radical (unpaired) electrons. The molecule has 108 valence electrons. The van der Waals surface area contributed by atoms with Crippen LogP contribution in [0.3, 0.4) is 0 Å². The van der Waals surface area contributed by atoms with Crippen LogP contribution in [-0.2, 0) is 4.79 Å². The van der Waals surface area contributed by atoms with Crippen LogP contribution in [0.5, 0.6) is 5.75 Å². The predicted molar refractivity (Wildman–Crippen MR) is 84.1 cm³/mol. The maximum Gasteiger partial charge on any atom is 0.277 e. The zero-order chi connectivity index (χ0) is 15.1. The number of rotatable bonds is 5. The number of nitrogens with zero attached hydrogens (tertiary/aromatic N) is 1. The van der Waals surface area contributed by atoms with Crippen LogP contribution in [0.1, 0.15) is 5.56 Å². The van der Waals surface area contributed by atoms with E-state index >= 15 is 0 Å². The first-order valence-electron chi connectivity index (χ1n) is 6.10. The van der Waals surface area contributed by atoms with Gasteiger partial charge in [-0.2, -0.15) is 5.10 Å². The summed E-state index contributed by atoms with van der Waals surface area (Å²) in [6.07, 6.45) is 1.44. The van der Waals surface area contributed by atoms with Gasteiger partial charge in [0.2, 0.25) is 0 Å². The maximum absolute atomic E-state index is 11.5. The number of nitrogens with one attached hydrogen (secondary N) is 1. The van der Waals surface area contributed by atoms with Crippen LogP contribution >= 0.6 is 23.2 Å². The van der Waals surface area contributed by atoms with Gasteiger partial charge < -0.3 is 4.74 Å². The van der Waals surface area contributed by atoms with Crippen molar-refractivity contribution >= 4 is 35.3 Å². The third-order valence-electron chi connectivity index (χ3n) is 2.47. The largest absolute Gasteiger partial charge is 0.484 e. The SMILES string of the molecule is O=C(COc1ccccc1)NN=Cc1ccc(Cl)cc1Cl. The quantitative estimate of drug-likeness (QED) is 0.676. The minimum Gasteiger partial charge on any atom is -0.484 e. The summed E-state index contributed by atoms with van der Waals surface area (Å²) < 4.78 is 5.28. The highest BCUT2D eigenvalue weighted by Gasteiger charge is 2.01. The van der Waals surface area contributed by atoms with Gasteiger partial charge in [-0.25, -0.2) is 5.43 Å². The van der Waals surface area contributed by atoms with Gasteiger partial charge in [-0.15, -0.1) is 0 Å². The number of benzene rings is 2. The van der Waals surface area contributed by atoms with Crippen molar-refractivity contribution in [2.75, 3.05) is 6.61 Å². The smallest absolute Gasteiger partial charge is 0.277 e. The third-order valence-corrected chi connectivity index (χ3v) is 3.03. The van der Waals surface area contributed by atoms with Gasteiger partial charge in [0.05, 0.1) is 11.2 Å². The molecule has 4 nitrogen and oxygen atoms in total. The Hall–Kier alpha value is -2.04. The second kappa shape index (κ2) is 7.67. The lowest BCUT2D eigenvalue weighted by atomic mass is 10.2. The van der Waals surface area contributed by atoms with Crippen molar-refractivity contribution in [3.8, 4) is 5.75 Å². The van der Waals surface area contributed by atoms with Crippen LogP contribution in [0.25, 0.3) is 0 Å². The van der Waals surface area contributed by atoms with E-state index in [2.05, 4.69) is 10.5 Å². The van der Waals surface area contributed by atoms with Crippen molar-refractivity contribution in [1.29, 1.82) is 0 Å². The van der Waals surface area contributed by atoms with Crippen LogP contribution in [-0.4, -0.2) is 18.7 Å². The van der Waals surface area contributed by atoms with Gasteiger partial charge in [0.15, 0.2) is 6.61 Å². The topological polar surface area (TPSA) is 50.7 Å². The molecule has 2 aromatic carbocycles. The number of carbonyl (C=O) groups excluding carboxylic acids is 1. The van der Waals surface area contributed by atoms with Gasteiger partial charge in [-0.1, -0.05) is 47.5 Å². The Kier molecular flexibility index (Phi) is 5.60. The molecule has 6 heteroatoms. The molecule has 0 aliphatic heterocycles. The molecule has 1 N–H and O–H groups in total. The van der Waals surface area contributed by atoms with E-state index in [-0.39, 0.29) is 12.5 Å². The van der Waals surface area contributed by atoms with E-state index in [1.54, 1.807) is 30.3 Å². The number of hydrogen-bond acceptors (Lipinski definition) is 3. The molecule has 0 saturated heterocycles. The highest BCUT2D eigenvalue weighted by atomic mass is 35.5. The predicted octanol–water partition coefficient (Wildman–Crippen LogP) is 3.52. The number of ether oxygens (including phenoxy) is 1. The van der Waals surface area contributed by atoms with Gasteiger partial charge in [0.25, 0.3) is 5.91 Å². The molecular formula is C15H12Cl2N2O2. The van der Waals surface area contributed by atoms with E-state index in [4.69, 9.17) is 27.9 Å². The zero-order valence-corrected chi connectivity index (χ0v) is 12.4. The fraction of sp³-hybridized carbons (Fsp3) is 0.0667. The summed E-state index contributed by atoms with van der Waals surface area (Å²) in [4.78, 5) is 11.5. The van der Waals surface area contributed by atoms with Crippen molar-refractivity contribution in [3.05, 3.63) is 64.1 Å². The fourth-order valence-corrected chi connectivity index (χ4v) is 1.94. The molecule has 0 spiro atoms. The molecule has 0 unspecified atom stereocenters. The van der Waals surface area contributed by atoms with Gasteiger partial charge >= 0.3 is 0 Å². The van der Waals surface area contributed by atoms with Gasteiger partial charge in [-0.3, -0.25) is 4.79 Å². The van der Waals surface area contributed by atoms with E-state index in [1.807, 2.05) is 18.2 Å². The average Bonchev–Trinajstić information content (AvgIpc) is 2.48. The van der Waals surface area contributed by atoms with Crippen LogP contribution in [0, 0.1) is 0 Å². The molecule has 0 bridgehead atoms. The Labute approximate surface area is 132 Å². The number of hydrogen-bond donors (Lipinski definition) is 1. The highest BCUT2D eigenvalue weighted by Crippen LogP contribution is 2.19. The number of halogens is 2. The first kappa shape index (κ1) is 15.4. The van der Waals surface area contributed by atoms with E-state index in [9.17, 15) is 4.79 Å². The zero-order valence-electron chi connectivity index (χ0n) is 10.9. The lowest BCUT2D eigenvalue weighted by molar-refractivity contribution is -0.123. The average molecular weight is 323 g/mol. The molecule has 0 aliphatic carbocycles. The molecule has 21 heavy (non-hydrogen) atoms. The lowest BCUT2D eigenvalue weighted by Gasteiger charge is -2.04. The monoisotopic (exact) mass is 322 g/mol. The van der Waals surface area contributed by atoms with Gasteiger partial charge in [0, 0.05) is 10.6 Å². The summed E-state index contributed by atoms with van der Waals surface area (Å²) in [5.41, 5.74) is 3.01. The lowest BCUT2D eigenvalue weighted by Crippen LogP contribution is -2.24. The minimum absolute atomic E-state index is 0.115. The Morgan fingerprint density at radius 3 is 2.67 bits per heavy atom. The summed E-state index contributed by atoms with van der Waals surface area (Å²) in [7, 11) is 0. The second-order valence-electron chi connectivity index (χ2n) is 4.06. The summed E-state index contributed by atoms with van der Waals surface area (Å²) >= 11 is 11.8.